The van der Waals surface area contributed by atoms with Gasteiger partial charge in [-0.15, -0.1) is 0 Å². The largest absolute Gasteiger partial charge is 0.345 e. The van der Waals surface area contributed by atoms with Gasteiger partial charge in [0.15, 0.2) is 0 Å². The second kappa shape index (κ2) is 8.68. The van der Waals surface area contributed by atoms with Crippen molar-refractivity contribution in [2.45, 2.75) is 50.0 Å². The second-order valence-corrected chi connectivity index (χ2v) is 7.93. The molecule has 2 amide bonds. The topological polar surface area (TPSA) is 75.2 Å². The van der Waals surface area contributed by atoms with E-state index < -0.39 is 11.8 Å². The molecule has 1 aliphatic carbocycles. The molecule has 4 rings (SSSR count). The third kappa shape index (κ3) is 4.44. The van der Waals surface area contributed by atoms with E-state index >= 15 is 0 Å². The van der Waals surface area contributed by atoms with E-state index in [1.54, 1.807) is 23.2 Å². The molecule has 1 N–H and O–H groups in total. The molecule has 29 heavy (non-hydrogen) atoms. The molecule has 0 spiro atoms. The van der Waals surface area contributed by atoms with Crippen molar-refractivity contribution in [2.75, 3.05) is 13.1 Å². The molecule has 1 saturated heterocycles. The highest BCUT2D eigenvalue weighted by Crippen LogP contribution is 2.35. The van der Waals surface area contributed by atoms with Gasteiger partial charge in [0, 0.05) is 36.9 Å². The SMILES string of the molecule is O=C(NC1CCC(c2ccccc2F)C1)C(=O)N1CCCC(c2ccncn2)C1. The van der Waals surface area contributed by atoms with Crippen LogP contribution in [0.25, 0.3) is 0 Å². The summed E-state index contributed by atoms with van der Waals surface area (Å²) in [4.78, 5) is 35.1. The van der Waals surface area contributed by atoms with E-state index in [-0.39, 0.29) is 23.7 Å². The smallest absolute Gasteiger partial charge is 0.311 e. The Morgan fingerprint density at radius 2 is 1.97 bits per heavy atom. The standard InChI is InChI=1S/C22H25FN4O2/c23-19-6-2-1-5-18(19)15-7-8-17(12-15)26-21(28)22(29)27-11-3-4-16(13-27)20-9-10-24-14-25-20/h1-2,5-6,9-10,14-17H,3-4,7-8,11-13H2,(H,26,28). The molecule has 1 saturated carbocycles. The first-order valence-corrected chi connectivity index (χ1v) is 10.2. The van der Waals surface area contributed by atoms with Crippen molar-refractivity contribution in [3.05, 3.63) is 59.9 Å². The van der Waals surface area contributed by atoms with Crippen molar-refractivity contribution in [1.29, 1.82) is 0 Å². The number of rotatable bonds is 3. The molecule has 7 heteroatoms. The van der Waals surface area contributed by atoms with Crippen LogP contribution in [0.5, 0.6) is 0 Å². The lowest BCUT2D eigenvalue weighted by Gasteiger charge is -2.32. The van der Waals surface area contributed by atoms with Gasteiger partial charge in [0.1, 0.15) is 12.1 Å². The van der Waals surface area contributed by atoms with Gasteiger partial charge in [-0.25, -0.2) is 14.4 Å². The van der Waals surface area contributed by atoms with E-state index in [1.165, 1.54) is 12.4 Å². The molecule has 3 unspecified atom stereocenters. The molecule has 2 aromatic rings. The van der Waals surface area contributed by atoms with Crippen molar-refractivity contribution in [3.63, 3.8) is 0 Å². The number of likely N-dealkylation sites (tertiary alicyclic amines) is 1. The molecular weight excluding hydrogens is 371 g/mol. The van der Waals surface area contributed by atoms with E-state index in [2.05, 4.69) is 15.3 Å². The van der Waals surface area contributed by atoms with Crippen molar-refractivity contribution < 1.29 is 14.0 Å². The fourth-order valence-corrected chi connectivity index (χ4v) is 4.54. The van der Waals surface area contributed by atoms with Gasteiger partial charge in [0.05, 0.1) is 0 Å². The molecule has 3 atom stereocenters. The van der Waals surface area contributed by atoms with Gasteiger partial charge < -0.3 is 10.2 Å². The van der Waals surface area contributed by atoms with Gasteiger partial charge in [0.2, 0.25) is 0 Å². The van der Waals surface area contributed by atoms with Crippen molar-refractivity contribution in [3.8, 4) is 0 Å². The number of benzene rings is 1. The van der Waals surface area contributed by atoms with Crippen molar-refractivity contribution in [2.24, 2.45) is 0 Å². The van der Waals surface area contributed by atoms with Gasteiger partial charge in [-0.3, -0.25) is 9.59 Å². The van der Waals surface area contributed by atoms with E-state index in [0.29, 0.717) is 25.1 Å². The van der Waals surface area contributed by atoms with Crippen LogP contribution >= 0.6 is 0 Å². The number of amides is 2. The highest BCUT2D eigenvalue weighted by molar-refractivity contribution is 6.35. The van der Waals surface area contributed by atoms with Gasteiger partial charge in [-0.2, -0.15) is 0 Å². The number of hydrogen-bond donors (Lipinski definition) is 1. The molecule has 1 aliphatic heterocycles. The van der Waals surface area contributed by atoms with Crippen LogP contribution in [0.15, 0.2) is 42.9 Å². The summed E-state index contributed by atoms with van der Waals surface area (Å²) in [7, 11) is 0. The zero-order valence-electron chi connectivity index (χ0n) is 16.3. The Labute approximate surface area is 169 Å². The summed E-state index contributed by atoms with van der Waals surface area (Å²) < 4.78 is 14.0. The Balaban J connectivity index is 1.33. The van der Waals surface area contributed by atoms with Gasteiger partial charge in [-0.1, -0.05) is 18.2 Å². The zero-order valence-corrected chi connectivity index (χ0v) is 16.3. The van der Waals surface area contributed by atoms with E-state index in [4.69, 9.17) is 0 Å². The molecule has 6 nitrogen and oxygen atoms in total. The third-order valence-corrected chi connectivity index (χ3v) is 6.04. The van der Waals surface area contributed by atoms with Crippen LogP contribution in [0.1, 0.15) is 55.2 Å². The van der Waals surface area contributed by atoms with Crippen LogP contribution in [0.2, 0.25) is 0 Å². The minimum atomic E-state index is -0.562. The summed E-state index contributed by atoms with van der Waals surface area (Å²) in [5.41, 5.74) is 1.60. The van der Waals surface area contributed by atoms with Crippen LogP contribution in [0.4, 0.5) is 4.39 Å². The number of nitrogens with one attached hydrogen (secondary N) is 1. The van der Waals surface area contributed by atoms with E-state index in [9.17, 15) is 14.0 Å². The van der Waals surface area contributed by atoms with E-state index in [0.717, 1.165) is 31.4 Å². The molecular formula is C22H25FN4O2. The number of aromatic nitrogens is 2. The van der Waals surface area contributed by atoms with Crippen LogP contribution in [0.3, 0.4) is 0 Å². The normalized spacial score (nSPS) is 24.3. The fourth-order valence-electron chi connectivity index (χ4n) is 4.54. The lowest BCUT2D eigenvalue weighted by molar-refractivity contribution is -0.147. The zero-order chi connectivity index (χ0) is 20.2. The van der Waals surface area contributed by atoms with Crippen molar-refractivity contribution >= 4 is 11.8 Å². The molecule has 0 bridgehead atoms. The first-order valence-electron chi connectivity index (χ1n) is 10.2. The van der Waals surface area contributed by atoms with Crippen LogP contribution in [-0.4, -0.2) is 45.8 Å². The number of piperidine rings is 1. The summed E-state index contributed by atoms with van der Waals surface area (Å²) in [5.74, 6) is -1.05. The van der Waals surface area contributed by atoms with Crippen LogP contribution in [-0.2, 0) is 9.59 Å². The first-order chi connectivity index (χ1) is 14.1. The molecule has 152 valence electrons. The van der Waals surface area contributed by atoms with E-state index in [1.807, 2.05) is 12.1 Å². The van der Waals surface area contributed by atoms with Crippen LogP contribution in [0, 0.1) is 5.82 Å². The minimum absolute atomic E-state index is 0.0775. The maximum atomic E-state index is 14.0. The average Bonchev–Trinajstić information content (AvgIpc) is 3.22. The first kappa shape index (κ1) is 19.5. The summed E-state index contributed by atoms with van der Waals surface area (Å²) >= 11 is 0. The Morgan fingerprint density at radius 3 is 2.76 bits per heavy atom. The van der Waals surface area contributed by atoms with Gasteiger partial charge in [-0.05, 0) is 55.7 Å². The molecule has 2 fully saturated rings. The Kier molecular flexibility index (Phi) is 5.83. The third-order valence-electron chi connectivity index (χ3n) is 6.04. The Hall–Kier alpha value is -2.83. The molecule has 1 aromatic heterocycles. The number of nitrogens with zero attached hydrogens (tertiary/aromatic N) is 3. The molecule has 0 radical (unpaired) electrons. The van der Waals surface area contributed by atoms with Gasteiger partial charge >= 0.3 is 11.8 Å². The predicted octanol–water partition coefficient (Wildman–Crippen LogP) is 2.77. The number of halogens is 1. The molecule has 1 aromatic carbocycles. The lowest BCUT2D eigenvalue weighted by atomic mass is 9.94. The second-order valence-electron chi connectivity index (χ2n) is 7.93. The van der Waals surface area contributed by atoms with Gasteiger partial charge in [0.25, 0.3) is 0 Å². The predicted molar refractivity (Wildman–Crippen MR) is 106 cm³/mol. The minimum Gasteiger partial charge on any atom is -0.345 e. The fraction of sp³-hybridized carbons (Fsp3) is 0.455. The summed E-state index contributed by atoms with van der Waals surface area (Å²) in [6.07, 6.45) is 7.20. The highest BCUT2D eigenvalue weighted by Gasteiger charge is 2.33. The summed E-state index contributed by atoms with van der Waals surface area (Å²) in [5, 5.41) is 2.87. The molecule has 2 aliphatic rings. The highest BCUT2D eigenvalue weighted by atomic mass is 19.1. The van der Waals surface area contributed by atoms with Crippen molar-refractivity contribution in [1.82, 2.24) is 20.2 Å². The summed E-state index contributed by atoms with van der Waals surface area (Å²) in [6, 6.07) is 8.54. The van der Waals surface area contributed by atoms with Crippen LogP contribution < -0.4 is 5.32 Å². The average molecular weight is 396 g/mol. The Bertz CT molecular complexity index is 876. The maximum Gasteiger partial charge on any atom is 0.311 e. The quantitative estimate of drug-likeness (QED) is 0.810. The monoisotopic (exact) mass is 396 g/mol. The number of carbonyl (C=O) groups excluding carboxylic acids is 2. The lowest BCUT2D eigenvalue weighted by Crippen LogP contribution is -2.48. The Morgan fingerprint density at radius 1 is 1.10 bits per heavy atom. The maximum absolute atomic E-state index is 14.0. The molecule has 2 heterocycles. The number of carbonyl (C=O) groups is 2. The number of hydrogen-bond acceptors (Lipinski definition) is 4. The summed E-state index contributed by atoms with van der Waals surface area (Å²) in [6.45, 7) is 1.07.